The van der Waals surface area contributed by atoms with Gasteiger partial charge in [-0.2, -0.15) is 0 Å². The molecule has 0 aliphatic carbocycles. The molecular formula is C14H25N3. The van der Waals surface area contributed by atoms with Gasteiger partial charge in [-0.25, -0.2) is 0 Å². The lowest BCUT2D eigenvalue weighted by atomic mass is 10.1. The first kappa shape index (κ1) is 14.0. The molecule has 0 spiro atoms. The normalized spacial score (nSPS) is 10.6. The topological polar surface area (TPSA) is 28.2 Å². The van der Waals surface area contributed by atoms with Gasteiger partial charge in [-0.15, -0.1) is 0 Å². The Bertz CT molecular complexity index is 336. The van der Waals surface area contributed by atoms with E-state index < -0.39 is 0 Å². The van der Waals surface area contributed by atoms with Crippen LogP contribution in [0.4, 0.5) is 5.69 Å². The highest BCUT2D eigenvalue weighted by molar-refractivity contribution is 5.53. The molecular weight excluding hydrogens is 210 g/mol. The van der Waals surface area contributed by atoms with Crippen molar-refractivity contribution in [3.8, 4) is 0 Å². The lowest BCUT2D eigenvalue weighted by molar-refractivity contribution is 0.721. The Morgan fingerprint density at radius 1 is 1.35 bits per heavy atom. The number of rotatable bonds is 7. The van der Waals surface area contributed by atoms with Crippen LogP contribution in [0, 0.1) is 6.92 Å². The fourth-order valence-corrected chi connectivity index (χ4v) is 1.99. The van der Waals surface area contributed by atoms with E-state index in [0.29, 0.717) is 0 Å². The molecule has 3 nitrogen and oxygen atoms in total. The number of unbranched alkanes of at least 4 members (excludes halogenated alkanes) is 1. The fourth-order valence-electron chi connectivity index (χ4n) is 1.99. The van der Waals surface area contributed by atoms with Crippen molar-refractivity contribution in [3.63, 3.8) is 0 Å². The minimum Gasteiger partial charge on any atom is -0.371 e. The second-order valence-electron chi connectivity index (χ2n) is 4.42. The van der Waals surface area contributed by atoms with Crippen LogP contribution in [-0.4, -0.2) is 25.1 Å². The molecule has 0 saturated carbocycles. The maximum atomic E-state index is 4.39. The fraction of sp³-hybridized carbons (Fsp3) is 0.643. The number of anilines is 1. The molecule has 0 amide bonds. The minimum atomic E-state index is 0.880. The summed E-state index contributed by atoms with van der Waals surface area (Å²) in [5, 5.41) is 3.21. The Kier molecular flexibility index (Phi) is 5.98. The van der Waals surface area contributed by atoms with Crippen LogP contribution in [0.15, 0.2) is 12.3 Å². The predicted octanol–water partition coefficient (Wildman–Crippen LogP) is 2.74. The zero-order valence-electron chi connectivity index (χ0n) is 11.6. The number of nitrogens with zero attached hydrogens (tertiary/aromatic N) is 2. The summed E-state index contributed by atoms with van der Waals surface area (Å²) in [4.78, 5) is 6.84. The molecule has 0 aromatic carbocycles. The third kappa shape index (κ3) is 4.00. The Hall–Kier alpha value is -1.09. The van der Waals surface area contributed by atoms with Gasteiger partial charge in [0.15, 0.2) is 0 Å². The van der Waals surface area contributed by atoms with Gasteiger partial charge in [0.1, 0.15) is 0 Å². The van der Waals surface area contributed by atoms with Gasteiger partial charge in [-0.1, -0.05) is 13.3 Å². The molecule has 0 aliphatic rings. The molecule has 0 aliphatic heterocycles. The summed E-state index contributed by atoms with van der Waals surface area (Å²) < 4.78 is 0. The van der Waals surface area contributed by atoms with E-state index in [1.165, 1.54) is 24.1 Å². The highest BCUT2D eigenvalue weighted by Gasteiger charge is 2.09. The quantitative estimate of drug-likeness (QED) is 0.787. The molecule has 0 saturated heterocycles. The molecule has 0 fully saturated rings. The Labute approximate surface area is 105 Å². The van der Waals surface area contributed by atoms with Crippen LogP contribution >= 0.6 is 0 Å². The standard InChI is InChI=1S/C14H25N3/c1-5-7-8-17(6-2)14-9-12(3)16-11-13(14)10-15-4/h9,11,15H,5-8,10H2,1-4H3. The molecule has 0 bridgehead atoms. The predicted molar refractivity (Wildman–Crippen MR) is 74.5 cm³/mol. The van der Waals surface area contributed by atoms with Gasteiger partial charge in [-0.05, 0) is 33.4 Å². The van der Waals surface area contributed by atoms with Gasteiger partial charge >= 0.3 is 0 Å². The van der Waals surface area contributed by atoms with E-state index >= 15 is 0 Å². The van der Waals surface area contributed by atoms with Gasteiger partial charge in [-0.3, -0.25) is 4.98 Å². The van der Waals surface area contributed by atoms with Crippen LogP contribution < -0.4 is 10.2 Å². The largest absolute Gasteiger partial charge is 0.371 e. The monoisotopic (exact) mass is 235 g/mol. The lowest BCUT2D eigenvalue weighted by Gasteiger charge is -2.25. The van der Waals surface area contributed by atoms with E-state index in [0.717, 1.165) is 25.3 Å². The zero-order valence-corrected chi connectivity index (χ0v) is 11.6. The highest BCUT2D eigenvalue weighted by atomic mass is 15.1. The average Bonchev–Trinajstić information content (AvgIpc) is 2.33. The molecule has 0 unspecified atom stereocenters. The summed E-state index contributed by atoms with van der Waals surface area (Å²) in [5.41, 5.74) is 3.72. The van der Waals surface area contributed by atoms with Crippen molar-refractivity contribution in [2.24, 2.45) is 0 Å². The van der Waals surface area contributed by atoms with E-state index in [-0.39, 0.29) is 0 Å². The Morgan fingerprint density at radius 3 is 2.71 bits per heavy atom. The molecule has 96 valence electrons. The van der Waals surface area contributed by atoms with E-state index in [9.17, 15) is 0 Å². The molecule has 3 heteroatoms. The minimum absolute atomic E-state index is 0.880. The van der Waals surface area contributed by atoms with Gasteiger partial charge in [0.2, 0.25) is 0 Å². The maximum Gasteiger partial charge on any atom is 0.0445 e. The molecule has 1 N–H and O–H groups in total. The molecule has 1 rings (SSSR count). The number of pyridine rings is 1. The Balaban J connectivity index is 2.93. The van der Waals surface area contributed by atoms with Gasteiger partial charge in [0.05, 0.1) is 0 Å². The smallest absolute Gasteiger partial charge is 0.0445 e. The van der Waals surface area contributed by atoms with Crippen LogP contribution in [0.1, 0.15) is 37.9 Å². The van der Waals surface area contributed by atoms with Crippen LogP contribution in [-0.2, 0) is 6.54 Å². The SMILES string of the molecule is CCCCN(CC)c1cc(C)ncc1CNC. The van der Waals surface area contributed by atoms with Crippen molar-refractivity contribution < 1.29 is 0 Å². The van der Waals surface area contributed by atoms with Gasteiger partial charge in [0, 0.05) is 42.8 Å². The summed E-state index contributed by atoms with van der Waals surface area (Å²) in [6.45, 7) is 9.58. The molecule has 1 heterocycles. The first-order valence-electron chi connectivity index (χ1n) is 6.58. The van der Waals surface area contributed by atoms with Crippen LogP contribution in [0.25, 0.3) is 0 Å². The van der Waals surface area contributed by atoms with Crippen molar-refractivity contribution in [3.05, 3.63) is 23.5 Å². The first-order chi connectivity index (χ1) is 8.22. The first-order valence-corrected chi connectivity index (χ1v) is 6.58. The third-order valence-electron chi connectivity index (χ3n) is 2.97. The summed E-state index contributed by atoms with van der Waals surface area (Å²) in [6.07, 6.45) is 4.48. The summed E-state index contributed by atoms with van der Waals surface area (Å²) in [5.74, 6) is 0. The van der Waals surface area contributed by atoms with E-state index in [1.54, 1.807) is 0 Å². The molecule has 1 aromatic rings. The number of hydrogen-bond donors (Lipinski definition) is 1. The summed E-state index contributed by atoms with van der Waals surface area (Å²) in [7, 11) is 1.98. The molecule has 1 aromatic heterocycles. The summed E-state index contributed by atoms with van der Waals surface area (Å²) >= 11 is 0. The highest BCUT2D eigenvalue weighted by Crippen LogP contribution is 2.21. The lowest BCUT2D eigenvalue weighted by Crippen LogP contribution is -2.26. The average molecular weight is 235 g/mol. The van der Waals surface area contributed by atoms with E-state index in [4.69, 9.17) is 0 Å². The molecule has 0 radical (unpaired) electrons. The number of aromatic nitrogens is 1. The van der Waals surface area contributed by atoms with Crippen molar-refractivity contribution >= 4 is 5.69 Å². The van der Waals surface area contributed by atoms with Crippen LogP contribution in [0.5, 0.6) is 0 Å². The van der Waals surface area contributed by atoms with Crippen LogP contribution in [0.2, 0.25) is 0 Å². The number of aryl methyl sites for hydroxylation is 1. The van der Waals surface area contributed by atoms with Crippen molar-refractivity contribution in [2.45, 2.75) is 40.2 Å². The zero-order chi connectivity index (χ0) is 12.7. The second kappa shape index (κ2) is 7.28. The van der Waals surface area contributed by atoms with Gasteiger partial charge in [0.25, 0.3) is 0 Å². The number of nitrogens with one attached hydrogen (secondary N) is 1. The number of hydrogen-bond acceptors (Lipinski definition) is 3. The van der Waals surface area contributed by atoms with Crippen molar-refractivity contribution in [2.75, 3.05) is 25.0 Å². The summed E-state index contributed by atoms with van der Waals surface area (Å²) in [6, 6.07) is 2.20. The Morgan fingerprint density at radius 2 is 2.12 bits per heavy atom. The van der Waals surface area contributed by atoms with Crippen molar-refractivity contribution in [1.82, 2.24) is 10.3 Å². The van der Waals surface area contributed by atoms with E-state index in [1.807, 2.05) is 13.2 Å². The molecule has 17 heavy (non-hydrogen) atoms. The second-order valence-corrected chi connectivity index (χ2v) is 4.42. The third-order valence-corrected chi connectivity index (χ3v) is 2.97. The molecule has 0 atom stereocenters. The maximum absolute atomic E-state index is 4.39. The van der Waals surface area contributed by atoms with Crippen molar-refractivity contribution in [1.29, 1.82) is 0 Å². The van der Waals surface area contributed by atoms with Crippen LogP contribution in [0.3, 0.4) is 0 Å². The van der Waals surface area contributed by atoms with E-state index in [2.05, 4.69) is 42.0 Å². The van der Waals surface area contributed by atoms with Gasteiger partial charge < -0.3 is 10.2 Å².